The zero-order valence-corrected chi connectivity index (χ0v) is 8.93. The van der Waals surface area contributed by atoms with Gasteiger partial charge in [0, 0.05) is 6.42 Å². The maximum absolute atomic E-state index is 12.9. The van der Waals surface area contributed by atoms with Crippen molar-refractivity contribution in [2.45, 2.75) is 38.0 Å². The van der Waals surface area contributed by atoms with Crippen LogP contribution in [-0.4, -0.2) is 28.0 Å². The number of alkyl halides is 5. The maximum atomic E-state index is 12.9. The molecule has 0 aliphatic rings. The van der Waals surface area contributed by atoms with Crippen LogP contribution in [-0.2, 0) is 9.09 Å². The number of phosphoric acid groups is 1. The second kappa shape index (κ2) is 4.95. The van der Waals surface area contributed by atoms with Gasteiger partial charge in [-0.2, -0.15) is 13.2 Å². The Bertz CT molecular complexity index is 273. The molecule has 0 saturated carbocycles. The molecule has 0 rings (SSSR count). The minimum atomic E-state index is -5.40. The first-order valence-corrected chi connectivity index (χ1v) is 5.59. The lowest BCUT2D eigenvalue weighted by Gasteiger charge is -2.26. The summed E-state index contributed by atoms with van der Waals surface area (Å²) in [4.78, 5) is 16.5. The van der Waals surface area contributed by atoms with Crippen molar-refractivity contribution in [1.29, 1.82) is 0 Å². The second-order valence-electron chi connectivity index (χ2n) is 3.02. The lowest BCUT2D eigenvalue weighted by molar-refractivity contribution is -0.191. The molecule has 16 heavy (non-hydrogen) atoms. The van der Waals surface area contributed by atoms with E-state index < -0.39 is 38.9 Å². The van der Waals surface area contributed by atoms with Crippen molar-refractivity contribution >= 4 is 7.82 Å². The quantitative estimate of drug-likeness (QED) is 0.596. The van der Waals surface area contributed by atoms with E-state index in [2.05, 4.69) is 4.52 Å². The highest BCUT2D eigenvalue weighted by Crippen LogP contribution is 2.45. The smallest absolute Gasteiger partial charge is 0.303 e. The largest absolute Gasteiger partial charge is 0.470 e. The first-order valence-electron chi connectivity index (χ1n) is 4.06. The predicted octanol–water partition coefficient (Wildman–Crippen LogP) is 2.46. The van der Waals surface area contributed by atoms with Crippen LogP contribution >= 0.6 is 7.82 Å². The van der Waals surface area contributed by atoms with E-state index in [4.69, 9.17) is 9.79 Å². The van der Waals surface area contributed by atoms with Crippen molar-refractivity contribution in [2.24, 2.45) is 0 Å². The van der Waals surface area contributed by atoms with Gasteiger partial charge in [-0.15, -0.1) is 0 Å². The Kier molecular flexibility index (Phi) is 4.88. The first kappa shape index (κ1) is 15.8. The number of phosphoric ester groups is 1. The summed E-state index contributed by atoms with van der Waals surface area (Å²) >= 11 is 0. The third kappa shape index (κ3) is 6.37. The van der Waals surface area contributed by atoms with Crippen molar-refractivity contribution in [3.63, 3.8) is 0 Å². The van der Waals surface area contributed by atoms with Crippen LogP contribution in [0.4, 0.5) is 22.0 Å². The average Bonchev–Trinajstić information content (AvgIpc) is 1.97. The highest BCUT2D eigenvalue weighted by Gasteiger charge is 2.48. The minimum absolute atomic E-state index is 0.881. The van der Waals surface area contributed by atoms with Gasteiger partial charge < -0.3 is 9.79 Å². The summed E-state index contributed by atoms with van der Waals surface area (Å²) in [5.41, 5.74) is 0. The molecule has 0 spiro atoms. The van der Waals surface area contributed by atoms with Gasteiger partial charge in [0.15, 0.2) is 0 Å². The van der Waals surface area contributed by atoms with Gasteiger partial charge in [-0.1, -0.05) is 6.92 Å². The van der Waals surface area contributed by atoms with Crippen molar-refractivity contribution in [3.05, 3.63) is 0 Å². The summed E-state index contributed by atoms with van der Waals surface area (Å²) in [5.74, 6) is -3.96. The molecule has 4 nitrogen and oxygen atoms in total. The fourth-order valence-corrected chi connectivity index (χ4v) is 1.43. The van der Waals surface area contributed by atoms with Gasteiger partial charge in [-0.25, -0.2) is 13.3 Å². The fraction of sp³-hybridized carbons (Fsp3) is 1.00. The molecule has 0 radical (unpaired) electrons. The van der Waals surface area contributed by atoms with Crippen LogP contribution in [0.15, 0.2) is 0 Å². The molecule has 0 fully saturated rings. The Morgan fingerprint density at radius 2 is 1.69 bits per heavy atom. The molecule has 0 aromatic heterocycles. The van der Waals surface area contributed by atoms with Gasteiger partial charge >= 0.3 is 14.0 Å². The van der Waals surface area contributed by atoms with E-state index in [0.717, 1.165) is 6.92 Å². The molecule has 0 aromatic carbocycles. The molecule has 0 saturated heterocycles. The molecule has 0 amide bonds. The third-order valence-electron chi connectivity index (χ3n) is 1.62. The molecule has 1 atom stereocenters. The van der Waals surface area contributed by atoms with Crippen LogP contribution in [0.5, 0.6) is 0 Å². The molecule has 2 N–H and O–H groups in total. The van der Waals surface area contributed by atoms with E-state index in [1.165, 1.54) is 0 Å². The molecule has 0 bridgehead atoms. The maximum Gasteiger partial charge on any atom is 0.470 e. The number of hydrogen-bond acceptors (Lipinski definition) is 2. The molecule has 0 aliphatic heterocycles. The zero-order chi connectivity index (χ0) is 13.2. The Labute approximate surface area is 87.6 Å². The van der Waals surface area contributed by atoms with E-state index in [0.29, 0.717) is 0 Å². The number of hydrogen-bond donors (Lipinski definition) is 2. The minimum Gasteiger partial charge on any atom is -0.303 e. The Hall–Kier alpha value is -0.240. The molecular formula is C6H10F5O4P. The van der Waals surface area contributed by atoms with Crippen LogP contribution in [0, 0.1) is 0 Å². The third-order valence-corrected chi connectivity index (χ3v) is 2.15. The van der Waals surface area contributed by atoms with Gasteiger partial charge in [0.25, 0.3) is 5.92 Å². The second-order valence-corrected chi connectivity index (χ2v) is 4.21. The zero-order valence-electron chi connectivity index (χ0n) is 8.04. The molecule has 0 aromatic rings. The summed E-state index contributed by atoms with van der Waals surface area (Å²) in [6, 6.07) is 0. The van der Waals surface area contributed by atoms with Crippen LogP contribution in [0.3, 0.4) is 0 Å². The first-order chi connectivity index (χ1) is 6.87. The molecule has 0 aliphatic carbocycles. The molecule has 10 heteroatoms. The van der Waals surface area contributed by atoms with E-state index in [1.54, 1.807) is 0 Å². The summed E-state index contributed by atoms with van der Waals surface area (Å²) in [6.45, 7) is 0.881. The topological polar surface area (TPSA) is 66.8 Å². The Morgan fingerprint density at radius 3 is 1.94 bits per heavy atom. The molecule has 1 unspecified atom stereocenters. The average molecular weight is 272 g/mol. The normalized spacial score (nSPS) is 16.2. The Balaban J connectivity index is 4.86. The van der Waals surface area contributed by atoms with Crippen LogP contribution in [0.2, 0.25) is 0 Å². The van der Waals surface area contributed by atoms with Gasteiger partial charge in [0.05, 0.1) is 6.42 Å². The van der Waals surface area contributed by atoms with Crippen molar-refractivity contribution in [2.75, 3.05) is 0 Å². The van der Waals surface area contributed by atoms with E-state index in [-0.39, 0.29) is 0 Å². The summed E-state index contributed by atoms with van der Waals surface area (Å²) < 4.78 is 75.2. The predicted molar refractivity (Wildman–Crippen MR) is 42.8 cm³/mol. The number of halogens is 5. The standard InChI is InChI=1S/C6H10F5O4P/c1-2-5(7,8)4(3-6(9,10)11)15-16(12,13)14/h4H,2-3H2,1H3,(H2,12,13,14). The van der Waals surface area contributed by atoms with Gasteiger partial charge in [0.1, 0.15) is 6.10 Å². The van der Waals surface area contributed by atoms with Gasteiger partial charge in [-0.05, 0) is 0 Å². The molecular weight excluding hydrogens is 262 g/mol. The summed E-state index contributed by atoms with van der Waals surface area (Å²) in [5, 5.41) is 0. The van der Waals surface area contributed by atoms with Crippen molar-refractivity contribution in [3.8, 4) is 0 Å². The van der Waals surface area contributed by atoms with E-state index in [1.807, 2.05) is 0 Å². The lowest BCUT2D eigenvalue weighted by atomic mass is 10.1. The SMILES string of the molecule is CCC(F)(F)C(CC(F)(F)F)OP(=O)(O)O. The highest BCUT2D eigenvalue weighted by molar-refractivity contribution is 7.46. The molecule has 0 heterocycles. The number of rotatable bonds is 5. The fourth-order valence-electron chi connectivity index (χ4n) is 0.867. The molecule has 98 valence electrons. The Morgan fingerprint density at radius 1 is 1.25 bits per heavy atom. The van der Waals surface area contributed by atoms with Crippen molar-refractivity contribution < 1.29 is 40.8 Å². The van der Waals surface area contributed by atoms with Gasteiger partial charge in [0.2, 0.25) is 0 Å². The summed E-state index contributed by atoms with van der Waals surface area (Å²) in [7, 11) is -5.40. The van der Waals surface area contributed by atoms with E-state index >= 15 is 0 Å². The monoisotopic (exact) mass is 272 g/mol. The van der Waals surface area contributed by atoms with Crippen LogP contribution in [0.1, 0.15) is 19.8 Å². The lowest BCUT2D eigenvalue weighted by Crippen LogP contribution is -2.38. The van der Waals surface area contributed by atoms with Gasteiger partial charge in [-0.3, -0.25) is 4.52 Å². The van der Waals surface area contributed by atoms with Crippen molar-refractivity contribution in [1.82, 2.24) is 0 Å². The summed E-state index contributed by atoms with van der Waals surface area (Å²) in [6.07, 6.45) is -11.0. The van der Waals surface area contributed by atoms with E-state index in [9.17, 15) is 26.5 Å². The highest BCUT2D eigenvalue weighted by atomic mass is 31.2. The van der Waals surface area contributed by atoms with Crippen LogP contribution < -0.4 is 0 Å². The van der Waals surface area contributed by atoms with Crippen LogP contribution in [0.25, 0.3) is 0 Å².